The van der Waals surface area contributed by atoms with Crippen LogP contribution in [-0.2, 0) is 20.9 Å². The number of carbonyl (C=O) groups is 2. The lowest BCUT2D eigenvalue weighted by Crippen LogP contribution is -2.27. The highest BCUT2D eigenvalue weighted by Gasteiger charge is 2.08. The molecule has 0 saturated heterocycles. The molecular formula is C15H23N3O3. The van der Waals surface area contributed by atoms with E-state index in [4.69, 9.17) is 5.73 Å². The molecule has 0 aliphatic rings. The van der Waals surface area contributed by atoms with Gasteiger partial charge in [-0.1, -0.05) is 18.2 Å². The van der Waals surface area contributed by atoms with Crippen LogP contribution in [0.2, 0.25) is 0 Å². The highest BCUT2D eigenvalue weighted by Crippen LogP contribution is 2.14. The van der Waals surface area contributed by atoms with Crippen LogP contribution in [0.15, 0.2) is 24.3 Å². The van der Waals surface area contributed by atoms with Gasteiger partial charge in [-0.2, -0.15) is 0 Å². The van der Waals surface area contributed by atoms with Crippen LogP contribution < -0.4 is 11.1 Å². The van der Waals surface area contributed by atoms with Gasteiger partial charge in [0.25, 0.3) is 0 Å². The van der Waals surface area contributed by atoms with Crippen molar-refractivity contribution in [3.8, 4) is 0 Å². The largest absolute Gasteiger partial charge is 0.469 e. The number of carbonyl (C=O) groups excluding carboxylic acids is 2. The minimum absolute atomic E-state index is 0.0687. The summed E-state index contributed by atoms with van der Waals surface area (Å²) in [6, 6.07) is 7.47. The van der Waals surface area contributed by atoms with Crippen LogP contribution in [-0.4, -0.2) is 44.0 Å². The Hall–Kier alpha value is -1.92. The van der Waals surface area contributed by atoms with Crippen molar-refractivity contribution in [3.63, 3.8) is 0 Å². The highest BCUT2D eigenvalue weighted by molar-refractivity contribution is 5.91. The van der Waals surface area contributed by atoms with Crippen molar-refractivity contribution in [2.45, 2.75) is 19.4 Å². The van der Waals surface area contributed by atoms with Crippen LogP contribution in [0.25, 0.3) is 0 Å². The summed E-state index contributed by atoms with van der Waals surface area (Å²) in [6.07, 6.45) is 0.682. The van der Waals surface area contributed by atoms with Gasteiger partial charge in [-0.3, -0.25) is 9.59 Å². The molecule has 0 aromatic heterocycles. The number of anilines is 1. The second kappa shape index (κ2) is 9.10. The van der Waals surface area contributed by atoms with E-state index in [2.05, 4.69) is 10.1 Å². The molecule has 0 heterocycles. The van der Waals surface area contributed by atoms with Crippen LogP contribution in [0.5, 0.6) is 0 Å². The van der Waals surface area contributed by atoms with Crippen molar-refractivity contribution in [1.29, 1.82) is 0 Å². The minimum Gasteiger partial charge on any atom is -0.469 e. The zero-order valence-electron chi connectivity index (χ0n) is 12.6. The summed E-state index contributed by atoms with van der Waals surface area (Å²) >= 11 is 0. The maximum absolute atomic E-state index is 11.9. The maximum atomic E-state index is 11.9. The zero-order chi connectivity index (χ0) is 15.7. The normalized spacial score (nSPS) is 10.5. The molecule has 0 atom stereocenters. The van der Waals surface area contributed by atoms with E-state index in [0.717, 1.165) is 11.3 Å². The molecule has 6 heteroatoms. The second-order valence-corrected chi connectivity index (χ2v) is 4.79. The molecule has 0 radical (unpaired) electrons. The third-order valence-corrected chi connectivity index (χ3v) is 3.16. The van der Waals surface area contributed by atoms with Crippen molar-refractivity contribution in [1.82, 2.24) is 4.90 Å². The molecule has 0 spiro atoms. The van der Waals surface area contributed by atoms with E-state index in [-0.39, 0.29) is 11.9 Å². The van der Waals surface area contributed by atoms with Gasteiger partial charge < -0.3 is 20.7 Å². The van der Waals surface area contributed by atoms with Gasteiger partial charge in [0.1, 0.15) is 0 Å². The Bertz CT molecular complexity index is 477. The fourth-order valence-electron chi connectivity index (χ4n) is 1.82. The lowest BCUT2D eigenvalue weighted by Gasteiger charge is -2.16. The predicted octanol–water partition coefficient (Wildman–Crippen LogP) is 0.969. The molecule has 3 N–H and O–H groups in total. The Morgan fingerprint density at radius 1 is 1.24 bits per heavy atom. The number of nitrogens with zero attached hydrogens (tertiary/aromatic N) is 1. The molecule has 0 fully saturated rings. The first-order valence-electron chi connectivity index (χ1n) is 6.90. The number of hydrogen-bond donors (Lipinski definition) is 2. The number of esters is 1. The Morgan fingerprint density at radius 3 is 2.57 bits per heavy atom. The summed E-state index contributed by atoms with van der Waals surface area (Å²) in [4.78, 5) is 24.9. The van der Waals surface area contributed by atoms with Gasteiger partial charge in [0.15, 0.2) is 0 Å². The summed E-state index contributed by atoms with van der Waals surface area (Å²) in [5, 5.41) is 2.86. The fourth-order valence-corrected chi connectivity index (χ4v) is 1.82. The molecule has 1 rings (SSSR count). The van der Waals surface area contributed by atoms with Crippen LogP contribution in [0.4, 0.5) is 5.69 Å². The first-order valence-corrected chi connectivity index (χ1v) is 6.90. The number of ether oxygens (including phenoxy) is 1. The molecule has 0 saturated carbocycles. The number of methoxy groups -OCH3 is 1. The topological polar surface area (TPSA) is 84.7 Å². The van der Waals surface area contributed by atoms with Crippen LogP contribution in [0, 0.1) is 0 Å². The summed E-state index contributed by atoms with van der Waals surface area (Å²) in [7, 11) is 3.23. The van der Waals surface area contributed by atoms with Gasteiger partial charge in [-0.25, -0.2) is 0 Å². The average Bonchev–Trinajstić information content (AvgIpc) is 2.51. The van der Waals surface area contributed by atoms with Gasteiger partial charge in [0, 0.05) is 31.7 Å². The molecule has 1 aromatic rings. The number of nitrogens with two attached hydrogens (primary N) is 1. The first-order chi connectivity index (χ1) is 10.1. The van der Waals surface area contributed by atoms with Crippen LogP contribution in [0.1, 0.15) is 18.4 Å². The van der Waals surface area contributed by atoms with E-state index in [1.807, 2.05) is 36.2 Å². The summed E-state index contributed by atoms with van der Waals surface area (Å²) in [6.45, 7) is 1.53. The predicted molar refractivity (Wildman–Crippen MR) is 81.7 cm³/mol. The molecule has 116 valence electrons. The molecule has 0 aliphatic carbocycles. The van der Waals surface area contributed by atoms with Crippen molar-refractivity contribution >= 4 is 17.6 Å². The van der Waals surface area contributed by atoms with Gasteiger partial charge in [-0.05, 0) is 18.7 Å². The lowest BCUT2D eigenvalue weighted by molar-refractivity contribution is -0.140. The lowest BCUT2D eigenvalue weighted by atomic mass is 10.1. The highest BCUT2D eigenvalue weighted by atomic mass is 16.5. The molecule has 0 unspecified atom stereocenters. The Kier molecular flexibility index (Phi) is 7.42. The molecule has 21 heavy (non-hydrogen) atoms. The van der Waals surface area contributed by atoms with Gasteiger partial charge in [0.2, 0.25) is 5.91 Å². The van der Waals surface area contributed by atoms with Crippen molar-refractivity contribution in [2.75, 3.05) is 32.6 Å². The second-order valence-electron chi connectivity index (χ2n) is 4.79. The molecule has 1 aromatic carbocycles. The van der Waals surface area contributed by atoms with Crippen LogP contribution >= 0.6 is 0 Å². The Labute approximate surface area is 125 Å². The molecule has 0 bridgehead atoms. The number of nitrogens with one attached hydrogen (secondary N) is 1. The van der Waals surface area contributed by atoms with E-state index in [1.54, 1.807) is 0 Å². The number of para-hydroxylation sites is 1. The Balaban J connectivity index is 2.35. The summed E-state index contributed by atoms with van der Waals surface area (Å²) < 4.78 is 4.57. The van der Waals surface area contributed by atoms with E-state index in [1.165, 1.54) is 7.11 Å². The molecule has 1 amide bonds. The maximum Gasteiger partial charge on any atom is 0.306 e. The van der Waals surface area contributed by atoms with E-state index in [9.17, 15) is 9.59 Å². The van der Waals surface area contributed by atoms with E-state index in [0.29, 0.717) is 32.5 Å². The van der Waals surface area contributed by atoms with Gasteiger partial charge in [0.05, 0.1) is 13.5 Å². The minimum atomic E-state index is -0.247. The third-order valence-electron chi connectivity index (χ3n) is 3.16. The number of amides is 1. The standard InChI is InChI=1S/C15H23N3O3/c1-18(10-8-15(20)21-2)9-7-14(19)17-13-6-4-3-5-12(13)11-16/h3-6H,7-11,16H2,1-2H3,(H,17,19). The smallest absolute Gasteiger partial charge is 0.306 e. The van der Waals surface area contributed by atoms with Crippen molar-refractivity contribution in [3.05, 3.63) is 29.8 Å². The molecule has 0 aliphatic heterocycles. The quantitative estimate of drug-likeness (QED) is 0.698. The fraction of sp³-hybridized carbons (Fsp3) is 0.467. The average molecular weight is 293 g/mol. The third kappa shape index (κ3) is 6.37. The SMILES string of the molecule is COC(=O)CCN(C)CCC(=O)Nc1ccccc1CN. The zero-order valence-corrected chi connectivity index (χ0v) is 12.6. The number of rotatable bonds is 8. The monoisotopic (exact) mass is 293 g/mol. The Morgan fingerprint density at radius 2 is 1.90 bits per heavy atom. The molecular weight excluding hydrogens is 270 g/mol. The van der Waals surface area contributed by atoms with Gasteiger partial charge >= 0.3 is 5.97 Å². The molecule has 6 nitrogen and oxygen atoms in total. The van der Waals surface area contributed by atoms with Crippen LogP contribution in [0.3, 0.4) is 0 Å². The van der Waals surface area contributed by atoms with E-state index < -0.39 is 0 Å². The number of hydrogen-bond acceptors (Lipinski definition) is 5. The summed E-state index contributed by atoms with van der Waals surface area (Å²) in [5.74, 6) is -0.316. The van der Waals surface area contributed by atoms with Crippen molar-refractivity contribution in [2.24, 2.45) is 5.73 Å². The first kappa shape index (κ1) is 17.1. The van der Waals surface area contributed by atoms with Gasteiger partial charge in [-0.15, -0.1) is 0 Å². The van der Waals surface area contributed by atoms with Crippen molar-refractivity contribution < 1.29 is 14.3 Å². The summed E-state index contributed by atoms with van der Waals surface area (Å²) in [5.41, 5.74) is 7.29. The number of benzene rings is 1. The van der Waals surface area contributed by atoms with E-state index >= 15 is 0 Å².